The highest BCUT2D eigenvalue weighted by atomic mass is 16.6. The molecular formula is C14H18N4O4. The number of carbonyl (C=O) groups is 1. The number of likely N-dealkylation sites (N-methyl/N-ethyl adjacent to an activating group) is 1. The monoisotopic (exact) mass is 306 g/mol. The summed E-state index contributed by atoms with van der Waals surface area (Å²) in [6.07, 6.45) is 0. The number of hydrogen-bond acceptors (Lipinski definition) is 5. The van der Waals surface area contributed by atoms with Crippen LogP contribution in [-0.4, -0.2) is 32.6 Å². The number of aromatic nitrogens is 2. The zero-order valence-electron chi connectivity index (χ0n) is 13.0. The van der Waals surface area contributed by atoms with Gasteiger partial charge in [0.1, 0.15) is 29.5 Å². The van der Waals surface area contributed by atoms with Gasteiger partial charge in [-0.05, 0) is 32.9 Å². The first-order valence-electron chi connectivity index (χ1n) is 6.77. The molecule has 0 aliphatic heterocycles. The van der Waals surface area contributed by atoms with Crippen molar-refractivity contribution < 1.29 is 14.1 Å². The third-order valence-corrected chi connectivity index (χ3v) is 3.43. The van der Waals surface area contributed by atoms with Crippen molar-refractivity contribution in [3.63, 3.8) is 0 Å². The van der Waals surface area contributed by atoms with Crippen LogP contribution in [0.15, 0.2) is 16.5 Å². The fourth-order valence-corrected chi connectivity index (χ4v) is 2.25. The largest absolute Gasteiger partial charge is 0.464 e. The number of aryl methyl sites for hydroxylation is 2. The van der Waals surface area contributed by atoms with Crippen molar-refractivity contribution in [1.82, 2.24) is 14.7 Å². The molecule has 8 heteroatoms. The second kappa shape index (κ2) is 6.00. The van der Waals surface area contributed by atoms with E-state index in [9.17, 15) is 14.9 Å². The van der Waals surface area contributed by atoms with Gasteiger partial charge in [0.15, 0.2) is 0 Å². The Morgan fingerprint density at radius 3 is 2.59 bits per heavy atom. The Balaban J connectivity index is 2.08. The van der Waals surface area contributed by atoms with E-state index in [1.807, 2.05) is 19.1 Å². The molecule has 0 bridgehead atoms. The van der Waals surface area contributed by atoms with Crippen LogP contribution in [0.5, 0.6) is 0 Å². The van der Waals surface area contributed by atoms with Gasteiger partial charge in [-0.15, -0.1) is 0 Å². The van der Waals surface area contributed by atoms with E-state index in [0.29, 0.717) is 23.7 Å². The van der Waals surface area contributed by atoms with Crippen LogP contribution in [0.1, 0.15) is 22.9 Å². The second-order valence-corrected chi connectivity index (χ2v) is 5.20. The van der Waals surface area contributed by atoms with E-state index in [-0.39, 0.29) is 18.1 Å². The summed E-state index contributed by atoms with van der Waals surface area (Å²) in [6.45, 7) is 5.27. The molecule has 22 heavy (non-hydrogen) atoms. The molecule has 118 valence electrons. The summed E-state index contributed by atoms with van der Waals surface area (Å²) in [4.78, 5) is 24.2. The van der Waals surface area contributed by atoms with E-state index in [1.165, 1.54) is 9.58 Å². The van der Waals surface area contributed by atoms with Gasteiger partial charge in [0.25, 0.3) is 0 Å². The smallest absolute Gasteiger partial charge is 0.312 e. The molecule has 0 aromatic carbocycles. The van der Waals surface area contributed by atoms with E-state index in [0.717, 1.165) is 5.76 Å². The van der Waals surface area contributed by atoms with Gasteiger partial charge in [0.2, 0.25) is 5.91 Å². The van der Waals surface area contributed by atoms with Crippen molar-refractivity contribution in [2.24, 2.45) is 0 Å². The Kier molecular flexibility index (Phi) is 4.30. The maximum Gasteiger partial charge on any atom is 0.312 e. The fraction of sp³-hybridized carbons (Fsp3) is 0.429. The summed E-state index contributed by atoms with van der Waals surface area (Å²) in [6, 6.07) is 3.64. The van der Waals surface area contributed by atoms with Crippen molar-refractivity contribution in [1.29, 1.82) is 0 Å². The molecular weight excluding hydrogens is 288 g/mol. The van der Waals surface area contributed by atoms with Crippen LogP contribution in [0, 0.1) is 30.9 Å². The highest BCUT2D eigenvalue weighted by Crippen LogP contribution is 2.21. The van der Waals surface area contributed by atoms with Gasteiger partial charge in [0, 0.05) is 7.05 Å². The van der Waals surface area contributed by atoms with E-state index < -0.39 is 4.92 Å². The van der Waals surface area contributed by atoms with Gasteiger partial charge in [-0.3, -0.25) is 19.6 Å². The average Bonchev–Trinajstić information content (AvgIpc) is 2.93. The molecule has 0 radical (unpaired) electrons. The lowest BCUT2D eigenvalue weighted by Gasteiger charge is -2.16. The predicted octanol–water partition coefficient (Wildman–Crippen LogP) is 1.97. The summed E-state index contributed by atoms with van der Waals surface area (Å²) in [5.41, 5.74) is 0.634. The van der Waals surface area contributed by atoms with Crippen molar-refractivity contribution in [2.45, 2.75) is 33.9 Å². The minimum Gasteiger partial charge on any atom is -0.464 e. The highest BCUT2D eigenvalue weighted by Gasteiger charge is 2.23. The molecule has 0 N–H and O–H groups in total. The molecule has 2 heterocycles. The third-order valence-electron chi connectivity index (χ3n) is 3.43. The SMILES string of the molecule is Cc1ccc(CN(C)C(=O)Cn2nc(C)c([N+](=O)[O-])c2C)o1. The molecule has 0 saturated carbocycles. The standard InChI is InChI=1S/C14H18N4O4/c1-9-5-6-12(22-9)7-16(4)13(19)8-17-11(3)14(18(20)21)10(2)15-17/h5-6H,7-8H2,1-4H3. The number of carbonyl (C=O) groups excluding carboxylic acids is 1. The lowest BCUT2D eigenvalue weighted by molar-refractivity contribution is -0.386. The minimum atomic E-state index is -0.478. The fourth-order valence-electron chi connectivity index (χ4n) is 2.25. The van der Waals surface area contributed by atoms with E-state index in [1.54, 1.807) is 20.9 Å². The maximum absolute atomic E-state index is 12.2. The zero-order valence-corrected chi connectivity index (χ0v) is 13.0. The normalized spacial score (nSPS) is 10.7. The minimum absolute atomic E-state index is 0.0443. The first-order valence-corrected chi connectivity index (χ1v) is 6.77. The summed E-state index contributed by atoms with van der Waals surface area (Å²) in [5, 5.41) is 15.0. The summed E-state index contributed by atoms with van der Waals surface area (Å²) < 4.78 is 6.79. The Morgan fingerprint density at radius 2 is 2.09 bits per heavy atom. The highest BCUT2D eigenvalue weighted by molar-refractivity contribution is 5.75. The number of nitrogens with zero attached hydrogens (tertiary/aromatic N) is 4. The van der Waals surface area contributed by atoms with Crippen LogP contribution in [-0.2, 0) is 17.9 Å². The molecule has 8 nitrogen and oxygen atoms in total. The Morgan fingerprint density at radius 1 is 1.41 bits per heavy atom. The van der Waals surface area contributed by atoms with Crippen LogP contribution in [0.4, 0.5) is 5.69 Å². The molecule has 1 amide bonds. The topological polar surface area (TPSA) is 94.4 Å². The molecule has 2 aromatic rings. The van der Waals surface area contributed by atoms with Crippen molar-refractivity contribution in [3.8, 4) is 0 Å². The molecule has 0 spiro atoms. The molecule has 0 saturated heterocycles. The number of hydrogen-bond donors (Lipinski definition) is 0. The zero-order chi connectivity index (χ0) is 16.4. The second-order valence-electron chi connectivity index (χ2n) is 5.20. The molecule has 0 aliphatic carbocycles. The Bertz CT molecular complexity index is 716. The molecule has 2 rings (SSSR count). The predicted molar refractivity (Wildman–Crippen MR) is 78.3 cm³/mol. The first-order chi connectivity index (χ1) is 10.3. The van der Waals surface area contributed by atoms with Crippen LogP contribution in [0.25, 0.3) is 0 Å². The van der Waals surface area contributed by atoms with E-state index in [4.69, 9.17) is 4.42 Å². The molecule has 2 aromatic heterocycles. The number of rotatable bonds is 5. The van der Waals surface area contributed by atoms with Gasteiger partial charge in [-0.1, -0.05) is 0 Å². The molecule has 0 fully saturated rings. The molecule has 0 atom stereocenters. The summed E-state index contributed by atoms with van der Waals surface area (Å²) in [7, 11) is 1.65. The lowest BCUT2D eigenvalue weighted by atomic mass is 10.3. The number of nitro groups is 1. The lowest BCUT2D eigenvalue weighted by Crippen LogP contribution is -2.30. The van der Waals surface area contributed by atoms with Crippen molar-refractivity contribution in [3.05, 3.63) is 45.2 Å². The summed E-state index contributed by atoms with van der Waals surface area (Å²) >= 11 is 0. The molecule has 0 aliphatic rings. The third kappa shape index (κ3) is 3.16. The van der Waals surface area contributed by atoms with E-state index in [2.05, 4.69) is 5.10 Å². The first kappa shape index (κ1) is 15.7. The Hall–Kier alpha value is -2.64. The Labute approximate surface area is 127 Å². The van der Waals surface area contributed by atoms with Gasteiger partial charge in [0.05, 0.1) is 11.5 Å². The van der Waals surface area contributed by atoms with Crippen LogP contribution >= 0.6 is 0 Å². The summed E-state index contributed by atoms with van der Waals surface area (Å²) in [5.74, 6) is 1.27. The van der Waals surface area contributed by atoms with E-state index >= 15 is 0 Å². The number of furan rings is 1. The van der Waals surface area contributed by atoms with Crippen LogP contribution in [0.3, 0.4) is 0 Å². The maximum atomic E-state index is 12.2. The quantitative estimate of drug-likeness (QED) is 0.621. The van der Waals surface area contributed by atoms with Crippen LogP contribution in [0.2, 0.25) is 0 Å². The van der Waals surface area contributed by atoms with Crippen molar-refractivity contribution >= 4 is 11.6 Å². The van der Waals surface area contributed by atoms with Gasteiger partial charge >= 0.3 is 5.69 Å². The van der Waals surface area contributed by atoms with Gasteiger partial charge in [-0.25, -0.2) is 0 Å². The van der Waals surface area contributed by atoms with Gasteiger partial charge < -0.3 is 9.32 Å². The molecule has 0 unspecified atom stereocenters. The van der Waals surface area contributed by atoms with Crippen LogP contribution < -0.4 is 0 Å². The average molecular weight is 306 g/mol. The van der Waals surface area contributed by atoms with Crippen molar-refractivity contribution in [2.75, 3.05) is 7.05 Å². The number of amides is 1. The van der Waals surface area contributed by atoms with Gasteiger partial charge in [-0.2, -0.15) is 5.10 Å².